The first kappa shape index (κ1) is 8.29. The van der Waals surface area contributed by atoms with Crippen LogP contribution in [0.15, 0.2) is 12.4 Å². The molecule has 0 aromatic carbocycles. The molecule has 0 spiro atoms. The normalized spacial score (nSPS) is 16.2. The van der Waals surface area contributed by atoms with E-state index in [0.717, 1.165) is 18.9 Å². The van der Waals surface area contributed by atoms with Gasteiger partial charge in [-0.2, -0.15) is 0 Å². The number of hydrogen-bond donors (Lipinski definition) is 0. The number of methoxy groups -OCH3 is 1. The highest BCUT2D eigenvalue weighted by atomic mass is 16.5. The largest absolute Gasteiger partial charge is 0.481 e. The molecule has 0 amide bonds. The first-order valence-corrected chi connectivity index (χ1v) is 4.51. The van der Waals surface area contributed by atoms with E-state index in [2.05, 4.69) is 14.9 Å². The lowest BCUT2D eigenvalue weighted by Crippen LogP contribution is -2.18. The molecule has 0 N–H and O–H groups in total. The smallest absolute Gasteiger partial charge is 0.218 e. The SMILES string of the molecule is COc1cc(N2CCCC2)ncn1. The molecule has 1 aliphatic rings. The molecule has 0 aliphatic carbocycles. The highest BCUT2D eigenvalue weighted by molar-refractivity contribution is 5.41. The summed E-state index contributed by atoms with van der Waals surface area (Å²) < 4.78 is 5.04. The summed E-state index contributed by atoms with van der Waals surface area (Å²) in [6.07, 6.45) is 4.06. The molecule has 1 aliphatic heterocycles. The van der Waals surface area contributed by atoms with Gasteiger partial charge in [-0.15, -0.1) is 0 Å². The Morgan fingerprint density at radius 1 is 1.31 bits per heavy atom. The molecule has 0 radical (unpaired) electrons. The number of anilines is 1. The standard InChI is InChI=1S/C9H13N3O/c1-13-9-6-8(10-7-11-9)12-4-2-3-5-12/h6-7H,2-5H2,1H3. The molecule has 1 aromatic rings. The topological polar surface area (TPSA) is 38.2 Å². The molecular formula is C9H13N3O. The number of aromatic nitrogens is 2. The first-order valence-electron chi connectivity index (χ1n) is 4.51. The minimum atomic E-state index is 0.636. The number of nitrogens with zero attached hydrogens (tertiary/aromatic N) is 3. The molecule has 0 atom stereocenters. The molecule has 1 fully saturated rings. The molecular weight excluding hydrogens is 166 g/mol. The third kappa shape index (κ3) is 1.71. The predicted molar refractivity (Wildman–Crippen MR) is 50.0 cm³/mol. The fourth-order valence-electron chi connectivity index (χ4n) is 1.56. The van der Waals surface area contributed by atoms with Gasteiger partial charge in [-0.1, -0.05) is 0 Å². The van der Waals surface area contributed by atoms with Gasteiger partial charge >= 0.3 is 0 Å². The van der Waals surface area contributed by atoms with Crippen molar-refractivity contribution in [3.63, 3.8) is 0 Å². The van der Waals surface area contributed by atoms with Gasteiger partial charge in [-0.3, -0.25) is 0 Å². The van der Waals surface area contributed by atoms with E-state index in [-0.39, 0.29) is 0 Å². The average Bonchev–Trinajstić information content (AvgIpc) is 2.71. The zero-order valence-corrected chi connectivity index (χ0v) is 7.73. The van der Waals surface area contributed by atoms with Gasteiger partial charge in [0.1, 0.15) is 12.1 Å². The molecule has 4 nitrogen and oxygen atoms in total. The second-order valence-corrected chi connectivity index (χ2v) is 3.11. The summed E-state index contributed by atoms with van der Waals surface area (Å²) in [6, 6.07) is 1.88. The minimum Gasteiger partial charge on any atom is -0.481 e. The second-order valence-electron chi connectivity index (χ2n) is 3.11. The van der Waals surface area contributed by atoms with E-state index < -0.39 is 0 Å². The predicted octanol–water partition coefficient (Wildman–Crippen LogP) is 1.09. The summed E-state index contributed by atoms with van der Waals surface area (Å²) in [6.45, 7) is 2.19. The van der Waals surface area contributed by atoms with Gasteiger partial charge < -0.3 is 9.64 Å². The molecule has 2 rings (SSSR count). The Hall–Kier alpha value is -1.32. The number of ether oxygens (including phenoxy) is 1. The van der Waals surface area contributed by atoms with Crippen molar-refractivity contribution in [1.29, 1.82) is 0 Å². The lowest BCUT2D eigenvalue weighted by molar-refractivity contribution is 0.397. The van der Waals surface area contributed by atoms with Crippen molar-refractivity contribution in [2.24, 2.45) is 0 Å². The fourth-order valence-corrected chi connectivity index (χ4v) is 1.56. The van der Waals surface area contributed by atoms with E-state index in [1.165, 1.54) is 12.8 Å². The summed E-state index contributed by atoms with van der Waals surface area (Å²) in [5.41, 5.74) is 0. The van der Waals surface area contributed by atoms with Gasteiger partial charge in [-0.05, 0) is 12.8 Å². The van der Waals surface area contributed by atoms with Gasteiger partial charge in [0.05, 0.1) is 7.11 Å². The maximum atomic E-state index is 5.04. The van der Waals surface area contributed by atoms with E-state index in [1.54, 1.807) is 13.4 Å². The van der Waals surface area contributed by atoms with Crippen LogP contribution in [0.1, 0.15) is 12.8 Å². The van der Waals surface area contributed by atoms with Crippen molar-refractivity contribution in [1.82, 2.24) is 9.97 Å². The van der Waals surface area contributed by atoms with Crippen molar-refractivity contribution >= 4 is 5.82 Å². The number of rotatable bonds is 2. The Balaban J connectivity index is 2.18. The third-order valence-corrected chi connectivity index (χ3v) is 2.27. The van der Waals surface area contributed by atoms with E-state index >= 15 is 0 Å². The van der Waals surface area contributed by atoms with E-state index in [0.29, 0.717) is 5.88 Å². The zero-order valence-electron chi connectivity index (χ0n) is 7.73. The highest BCUT2D eigenvalue weighted by Crippen LogP contribution is 2.19. The lowest BCUT2D eigenvalue weighted by Gasteiger charge is -2.15. The van der Waals surface area contributed by atoms with Crippen LogP contribution in [0.2, 0.25) is 0 Å². The fraction of sp³-hybridized carbons (Fsp3) is 0.556. The van der Waals surface area contributed by atoms with Crippen molar-refractivity contribution < 1.29 is 4.74 Å². The molecule has 13 heavy (non-hydrogen) atoms. The van der Waals surface area contributed by atoms with Crippen LogP contribution in [0, 0.1) is 0 Å². The molecule has 0 saturated carbocycles. The van der Waals surface area contributed by atoms with Gasteiger partial charge in [-0.25, -0.2) is 9.97 Å². The van der Waals surface area contributed by atoms with E-state index in [9.17, 15) is 0 Å². The van der Waals surface area contributed by atoms with Crippen LogP contribution in [0.3, 0.4) is 0 Å². The second kappa shape index (κ2) is 3.60. The van der Waals surface area contributed by atoms with Crippen LogP contribution in [-0.4, -0.2) is 30.2 Å². The Bertz CT molecular complexity index is 284. The zero-order chi connectivity index (χ0) is 9.10. The molecule has 4 heteroatoms. The van der Waals surface area contributed by atoms with Gasteiger partial charge in [0.15, 0.2) is 0 Å². The van der Waals surface area contributed by atoms with E-state index in [1.807, 2.05) is 6.07 Å². The van der Waals surface area contributed by atoms with Crippen LogP contribution >= 0.6 is 0 Å². The van der Waals surface area contributed by atoms with Crippen LogP contribution in [0.5, 0.6) is 5.88 Å². The minimum absolute atomic E-state index is 0.636. The lowest BCUT2D eigenvalue weighted by atomic mass is 10.4. The molecule has 0 unspecified atom stereocenters. The van der Waals surface area contributed by atoms with Crippen LogP contribution in [0.4, 0.5) is 5.82 Å². The molecule has 2 heterocycles. The first-order chi connectivity index (χ1) is 6.40. The van der Waals surface area contributed by atoms with Crippen LogP contribution < -0.4 is 9.64 Å². The summed E-state index contributed by atoms with van der Waals surface area (Å²) in [5.74, 6) is 1.61. The monoisotopic (exact) mass is 179 g/mol. The molecule has 1 aromatic heterocycles. The van der Waals surface area contributed by atoms with E-state index in [4.69, 9.17) is 4.74 Å². The van der Waals surface area contributed by atoms with Crippen LogP contribution in [-0.2, 0) is 0 Å². The van der Waals surface area contributed by atoms with Crippen molar-refractivity contribution in [3.8, 4) is 5.88 Å². The third-order valence-electron chi connectivity index (χ3n) is 2.27. The molecule has 1 saturated heterocycles. The Kier molecular flexibility index (Phi) is 2.29. The van der Waals surface area contributed by atoms with Crippen molar-refractivity contribution in [3.05, 3.63) is 12.4 Å². The highest BCUT2D eigenvalue weighted by Gasteiger charge is 2.13. The summed E-state index contributed by atoms with van der Waals surface area (Å²) >= 11 is 0. The average molecular weight is 179 g/mol. The van der Waals surface area contributed by atoms with Crippen LogP contribution in [0.25, 0.3) is 0 Å². The summed E-state index contributed by atoms with van der Waals surface area (Å²) in [4.78, 5) is 10.4. The Morgan fingerprint density at radius 2 is 2.08 bits per heavy atom. The molecule has 0 bridgehead atoms. The summed E-state index contributed by atoms with van der Waals surface area (Å²) in [7, 11) is 1.62. The quantitative estimate of drug-likeness (QED) is 0.681. The van der Waals surface area contributed by atoms with Gasteiger partial charge in [0, 0.05) is 19.2 Å². The van der Waals surface area contributed by atoms with Crippen molar-refractivity contribution in [2.75, 3.05) is 25.1 Å². The Labute approximate surface area is 77.6 Å². The maximum Gasteiger partial charge on any atom is 0.218 e. The maximum absolute atomic E-state index is 5.04. The number of hydrogen-bond acceptors (Lipinski definition) is 4. The summed E-state index contributed by atoms with van der Waals surface area (Å²) in [5, 5.41) is 0. The van der Waals surface area contributed by atoms with Gasteiger partial charge in [0.25, 0.3) is 0 Å². The molecule has 70 valence electrons. The van der Waals surface area contributed by atoms with Crippen molar-refractivity contribution in [2.45, 2.75) is 12.8 Å². The van der Waals surface area contributed by atoms with Gasteiger partial charge in [0.2, 0.25) is 5.88 Å². The Morgan fingerprint density at radius 3 is 2.77 bits per heavy atom.